The number of halogens is 1. The van der Waals surface area contributed by atoms with Crippen molar-refractivity contribution in [1.29, 1.82) is 0 Å². The van der Waals surface area contributed by atoms with Gasteiger partial charge in [-0.15, -0.1) is 0 Å². The summed E-state index contributed by atoms with van der Waals surface area (Å²) in [5.41, 5.74) is 0.145. The highest BCUT2D eigenvalue weighted by Gasteiger charge is 2.04. The first-order valence-electron chi connectivity index (χ1n) is 4.83. The van der Waals surface area contributed by atoms with E-state index in [2.05, 4.69) is 15.9 Å². The third-order valence-corrected chi connectivity index (χ3v) is 2.77. The lowest BCUT2D eigenvalue weighted by molar-refractivity contribution is -0.132. The van der Waals surface area contributed by atoms with E-state index in [1.165, 1.54) is 4.57 Å². The highest BCUT2D eigenvalue weighted by atomic mass is 79.9. The molecule has 0 spiro atoms. The first kappa shape index (κ1) is 12.7. The molecule has 0 aliphatic carbocycles. The standard InChI is InChI=1S/C11H12BrNO3/c1-2-8(11(15)16)5-7-13-6-3-4-9(12)10(13)14/h3-6H,2,7H2,1H3,(H,15,16)/b8-5-. The van der Waals surface area contributed by atoms with Crippen molar-refractivity contribution in [2.45, 2.75) is 19.9 Å². The van der Waals surface area contributed by atoms with E-state index in [0.29, 0.717) is 16.5 Å². The maximum atomic E-state index is 11.6. The van der Waals surface area contributed by atoms with Gasteiger partial charge in [0.25, 0.3) is 5.56 Å². The molecule has 0 bridgehead atoms. The van der Waals surface area contributed by atoms with Crippen molar-refractivity contribution in [1.82, 2.24) is 4.57 Å². The highest BCUT2D eigenvalue weighted by Crippen LogP contribution is 2.03. The molecule has 86 valence electrons. The quantitative estimate of drug-likeness (QED) is 0.862. The number of aliphatic carboxylic acids is 1. The van der Waals surface area contributed by atoms with Crippen LogP contribution in [0.25, 0.3) is 0 Å². The second-order valence-corrected chi connectivity index (χ2v) is 4.06. The number of carboxylic acids is 1. The van der Waals surface area contributed by atoms with Gasteiger partial charge < -0.3 is 9.67 Å². The molecule has 0 aromatic carbocycles. The van der Waals surface area contributed by atoms with Crippen molar-refractivity contribution in [3.63, 3.8) is 0 Å². The van der Waals surface area contributed by atoms with Gasteiger partial charge in [-0.25, -0.2) is 4.79 Å². The van der Waals surface area contributed by atoms with Crippen molar-refractivity contribution in [3.8, 4) is 0 Å². The van der Waals surface area contributed by atoms with Crippen molar-refractivity contribution in [3.05, 3.63) is 44.8 Å². The Morgan fingerprint density at radius 1 is 1.62 bits per heavy atom. The van der Waals surface area contributed by atoms with Crippen LogP contribution in [0.4, 0.5) is 0 Å². The van der Waals surface area contributed by atoms with E-state index in [1.807, 2.05) is 0 Å². The lowest BCUT2D eigenvalue weighted by Gasteiger charge is -2.03. The molecule has 1 heterocycles. The predicted molar refractivity (Wildman–Crippen MR) is 64.4 cm³/mol. The largest absolute Gasteiger partial charge is 0.478 e. The first-order valence-corrected chi connectivity index (χ1v) is 5.62. The van der Waals surface area contributed by atoms with Gasteiger partial charge in [-0.05, 0) is 34.5 Å². The Hall–Kier alpha value is -1.36. The van der Waals surface area contributed by atoms with Gasteiger partial charge >= 0.3 is 5.97 Å². The smallest absolute Gasteiger partial charge is 0.331 e. The number of hydrogen-bond donors (Lipinski definition) is 1. The van der Waals surface area contributed by atoms with Gasteiger partial charge in [0.1, 0.15) is 0 Å². The zero-order chi connectivity index (χ0) is 12.1. The number of aromatic nitrogens is 1. The van der Waals surface area contributed by atoms with Gasteiger partial charge in [-0.2, -0.15) is 0 Å². The number of pyridine rings is 1. The summed E-state index contributed by atoms with van der Waals surface area (Å²) in [4.78, 5) is 22.3. The molecule has 0 radical (unpaired) electrons. The van der Waals surface area contributed by atoms with Gasteiger partial charge in [-0.1, -0.05) is 13.0 Å². The monoisotopic (exact) mass is 285 g/mol. The predicted octanol–water partition coefficient (Wildman–Crippen LogP) is 2.03. The fraction of sp³-hybridized carbons (Fsp3) is 0.273. The van der Waals surface area contributed by atoms with Gasteiger partial charge in [-0.3, -0.25) is 4.79 Å². The molecule has 1 aromatic rings. The maximum Gasteiger partial charge on any atom is 0.331 e. The lowest BCUT2D eigenvalue weighted by Crippen LogP contribution is -2.19. The molecule has 0 atom stereocenters. The molecule has 5 heteroatoms. The van der Waals surface area contributed by atoms with Gasteiger partial charge in [0.15, 0.2) is 0 Å². The number of carboxylic acid groups (broad SMARTS) is 1. The minimum absolute atomic E-state index is 0.167. The Kier molecular flexibility index (Phi) is 4.49. The van der Waals surface area contributed by atoms with E-state index in [0.717, 1.165) is 0 Å². The summed E-state index contributed by atoms with van der Waals surface area (Å²) in [6.07, 6.45) is 3.62. The first-order chi connectivity index (χ1) is 7.56. The maximum absolute atomic E-state index is 11.6. The van der Waals surface area contributed by atoms with Crippen molar-refractivity contribution >= 4 is 21.9 Å². The second kappa shape index (κ2) is 5.65. The summed E-state index contributed by atoms with van der Waals surface area (Å²) in [6.45, 7) is 2.04. The molecular weight excluding hydrogens is 274 g/mol. The molecule has 4 nitrogen and oxygen atoms in total. The van der Waals surface area contributed by atoms with Crippen LogP contribution >= 0.6 is 15.9 Å². The minimum Gasteiger partial charge on any atom is -0.478 e. The fourth-order valence-electron chi connectivity index (χ4n) is 1.24. The van der Waals surface area contributed by atoms with Crippen molar-refractivity contribution in [2.75, 3.05) is 0 Å². The minimum atomic E-state index is -0.939. The molecule has 16 heavy (non-hydrogen) atoms. The Morgan fingerprint density at radius 3 is 2.88 bits per heavy atom. The SMILES string of the molecule is CC/C(=C/Cn1cccc(Br)c1=O)C(=O)O. The van der Waals surface area contributed by atoms with Crippen LogP contribution in [0.3, 0.4) is 0 Å². The fourth-order valence-corrected chi connectivity index (χ4v) is 1.62. The summed E-state index contributed by atoms with van der Waals surface area (Å²) >= 11 is 3.13. The topological polar surface area (TPSA) is 59.3 Å². The molecule has 0 amide bonds. The number of nitrogens with zero attached hydrogens (tertiary/aromatic N) is 1. The molecular formula is C11H12BrNO3. The van der Waals surface area contributed by atoms with Crippen LogP contribution in [0.2, 0.25) is 0 Å². The van der Waals surface area contributed by atoms with Crippen molar-refractivity contribution in [2.24, 2.45) is 0 Å². The molecule has 1 N–H and O–H groups in total. The Bertz CT molecular complexity index is 476. The molecule has 1 aromatic heterocycles. The van der Waals surface area contributed by atoms with Crippen LogP contribution in [0.15, 0.2) is 39.2 Å². The van der Waals surface area contributed by atoms with Crippen LogP contribution < -0.4 is 5.56 Å². The van der Waals surface area contributed by atoms with Gasteiger partial charge in [0, 0.05) is 18.3 Å². The molecule has 0 aliphatic rings. The molecule has 0 saturated heterocycles. The molecule has 1 rings (SSSR count). The van der Waals surface area contributed by atoms with Crippen LogP contribution in [-0.4, -0.2) is 15.6 Å². The molecule has 0 fully saturated rings. The Balaban J connectivity index is 2.94. The van der Waals surface area contributed by atoms with E-state index in [4.69, 9.17) is 5.11 Å². The molecule has 0 aliphatic heterocycles. The normalized spacial score (nSPS) is 11.5. The highest BCUT2D eigenvalue weighted by molar-refractivity contribution is 9.10. The van der Waals surface area contributed by atoms with E-state index >= 15 is 0 Å². The van der Waals surface area contributed by atoms with Crippen LogP contribution in [0.1, 0.15) is 13.3 Å². The zero-order valence-electron chi connectivity index (χ0n) is 8.81. The summed E-state index contributed by atoms with van der Waals surface area (Å²) in [5.74, 6) is -0.939. The molecule has 0 unspecified atom stereocenters. The van der Waals surface area contributed by atoms with Crippen molar-refractivity contribution < 1.29 is 9.90 Å². The van der Waals surface area contributed by atoms with Crippen LogP contribution in [0.5, 0.6) is 0 Å². The van der Waals surface area contributed by atoms with Crippen LogP contribution in [-0.2, 0) is 11.3 Å². The van der Waals surface area contributed by atoms with Gasteiger partial charge in [0.05, 0.1) is 4.47 Å². The number of hydrogen-bond acceptors (Lipinski definition) is 2. The summed E-state index contributed by atoms with van der Waals surface area (Å²) < 4.78 is 1.92. The van der Waals surface area contributed by atoms with E-state index in [-0.39, 0.29) is 12.1 Å². The third-order valence-electron chi connectivity index (χ3n) is 2.16. The molecule has 0 saturated carbocycles. The Morgan fingerprint density at radius 2 is 2.31 bits per heavy atom. The number of rotatable bonds is 4. The average Bonchev–Trinajstić information content (AvgIpc) is 2.24. The summed E-state index contributed by atoms with van der Waals surface area (Å²) in [7, 11) is 0. The zero-order valence-corrected chi connectivity index (χ0v) is 10.4. The number of allylic oxidation sites excluding steroid dienone is 1. The van der Waals surface area contributed by atoms with E-state index < -0.39 is 5.97 Å². The van der Waals surface area contributed by atoms with Gasteiger partial charge in [0.2, 0.25) is 0 Å². The third kappa shape index (κ3) is 3.06. The van der Waals surface area contributed by atoms with E-state index in [9.17, 15) is 9.59 Å². The summed E-state index contributed by atoms with van der Waals surface area (Å²) in [5, 5.41) is 8.81. The lowest BCUT2D eigenvalue weighted by atomic mass is 10.2. The summed E-state index contributed by atoms with van der Waals surface area (Å²) in [6, 6.07) is 3.38. The average molecular weight is 286 g/mol. The second-order valence-electron chi connectivity index (χ2n) is 3.20. The van der Waals surface area contributed by atoms with E-state index in [1.54, 1.807) is 31.3 Å². The number of carbonyl (C=O) groups is 1. The van der Waals surface area contributed by atoms with Crippen LogP contribution in [0, 0.1) is 0 Å². The Labute approximate surface area is 101 Å².